The van der Waals surface area contributed by atoms with Gasteiger partial charge in [0, 0.05) is 5.69 Å². The van der Waals surface area contributed by atoms with Crippen molar-refractivity contribution in [3.05, 3.63) is 54.6 Å². The van der Waals surface area contributed by atoms with Gasteiger partial charge in [0.2, 0.25) is 11.9 Å². The van der Waals surface area contributed by atoms with Crippen LogP contribution in [0.15, 0.2) is 64.6 Å². The molecule has 0 amide bonds. The van der Waals surface area contributed by atoms with Gasteiger partial charge < -0.3 is 11.5 Å². The highest BCUT2D eigenvalue weighted by molar-refractivity contribution is 6.05. The lowest BCUT2D eigenvalue weighted by Gasteiger charge is -2.38. The molecule has 0 spiro atoms. The molecular weight excluding hydrogens is 310 g/mol. The van der Waals surface area contributed by atoms with Crippen LogP contribution in [0.2, 0.25) is 0 Å². The molecule has 0 fully saturated rings. The lowest BCUT2D eigenvalue weighted by Crippen LogP contribution is -2.54. The van der Waals surface area contributed by atoms with Crippen molar-refractivity contribution >= 4 is 30.0 Å². The fourth-order valence-corrected chi connectivity index (χ4v) is 2.68. The third-order valence-electron chi connectivity index (χ3n) is 3.63. The first-order chi connectivity index (χ1) is 10.5. The molecule has 2 aromatic rings. The molecule has 6 heteroatoms. The van der Waals surface area contributed by atoms with Crippen LogP contribution < -0.4 is 16.4 Å². The number of aliphatic imine (C=N–C) groups is 2. The van der Waals surface area contributed by atoms with Gasteiger partial charge in [-0.05, 0) is 37.1 Å². The number of guanidine groups is 2. The highest BCUT2D eigenvalue weighted by Crippen LogP contribution is 2.29. The van der Waals surface area contributed by atoms with Gasteiger partial charge in [-0.1, -0.05) is 42.5 Å². The first kappa shape index (κ1) is 16.8. The first-order valence-corrected chi connectivity index (χ1v) is 7.12. The maximum Gasteiger partial charge on any atom is 0.220 e. The monoisotopic (exact) mass is 329 g/mol. The quantitative estimate of drug-likeness (QED) is 0.888. The number of hydrogen-bond acceptors (Lipinski definition) is 5. The Labute approximate surface area is 142 Å². The van der Waals surface area contributed by atoms with Gasteiger partial charge >= 0.3 is 0 Å². The van der Waals surface area contributed by atoms with E-state index in [2.05, 4.69) is 34.3 Å². The first-order valence-electron chi connectivity index (χ1n) is 7.12. The highest BCUT2D eigenvalue weighted by Gasteiger charge is 2.32. The molecule has 0 aromatic heterocycles. The Kier molecular flexibility index (Phi) is 4.61. The summed E-state index contributed by atoms with van der Waals surface area (Å²) in [5.41, 5.74) is 14.4. The minimum absolute atomic E-state index is 0. The fraction of sp³-hybridized carbons (Fsp3) is 0.176. The molecule has 0 radical (unpaired) electrons. The van der Waals surface area contributed by atoms with Crippen LogP contribution in [0, 0.1) is 0 Å². The summed E-state index contributed by atoms with van der Waals surface area (Å²) in [4.78, 5) is 10.3. The number of rotatable bonds is 2. The molecule has 3 rings (SSSR count). The second-order valence-electron chi connectivity index (χ2n) is 5.68. The summed E-state index contributed by atoms with van der Waals surface area (Å²) in [5.74, 6) is 0.560. The number of benzene rings is 2. The van der Waals surface area contributed by atoms with Crippen molar-refractivity contribution in [3.8, 4) is 11.1 Å². The molecule has 0 aliphatic carbocycles. The van der Waals surface area contributed by atoms with E-state index in [1.165, 1.54) is 5.56 Å². The smallest absolute Gasteiger partial charge is 0.220 e. The van der Waals surface area contributed by atoms with Crippen LogP contribution in [0.1, 0.15) is 13.8 Å². The van der Waals surface area contributed by atoms with E-state index in [4.69, 9.17) is 11.5 Å². The summed E-state index contributed by atoms with van der Waals surface area (Å²) >= 11 is 0. The van der Waals surface area contributed by atoms with Crippen LogP contribution >= 0.6 is 12.4 Å². The van der Waals surface area contributed by atoms with Gasteiger partial charge in [-0.15, -0.1) is 12.4 Å². The van der Waals surface area contributed by atoms with Gasteiger partial charge in [0.15, 0.2) is 0 Å². The van der Waals surface area contributed by atoms with E-state index in [9.17, 15) is 0 Å². The molecular formula is C17H20ClN5. The average Bonchev–Trinajstić information content (AvgIpc) is 2.47. The predicted molar refractivity (Wildman–Crippen MR) is 98.9 cm³/mol. The standard InChI is InChI=1S/C17H19N5.ClH/c1-17(2)21-15(18)20-16(19)22(17)14-10-8-13(9-11-14)12-6-4-3-5-7-12;/h3-11H,1-2H3,(H4,18,19,20,21);1H. The maximum atomic E-state index is 6.04. The van der Waals surface area contributed by atoms with Crippen LogP contribution in [-0.2, 0) is 0 Å². The Balaban J connectivity index is 0.00000192. The third kappa shape index (κ3) is 3.29. The zero-order valence-corrected chi connectivity index (χ0v) is 13.9. The Hall–Kier alpha value is -2.53. The van der Waals surface area contributed by atoms with Crippen molar-refractivity contribution in [2.24, 2.45) is 21.5 Å². The second kappa shape index (κ2) is 6.30. The van der Waals surface area contributed by atoms with E-state index in [-0.39, 0.29) is 18.4 Å². The van der Waals surface area contributed by atoms with Gasteiger partial charge in [0.1, 0.15) is 5.66 Å². The van der Waals surface area contributed by atoms with Crippen molar-refractivity contribution in [1.82, 2.24) is 0 Å². The van der Waals surface area contributed by atoms with Gasteiger partial charge in [0.05, 0.1) is 0 Å². The van der Waals surface area contributed by atoms with Crippen molar-refractivity contribution in [2.45, 2.75) is 19.5 Å². The number of nitrogens with two attached hydrogens (primary N) is 2. The van der Waals surface area contributed by atoms with E-state index in [1.807, 2.05) is 49.1 Å². The molecule has 0 bridgehead atoms. The van der Waals surface area contributed by atoms with Crippen LogP contribution in [0.25, 0.3) is 11.1 Å². The molecule has 5 nitrogen and oxygen atoms in total. The van der Waals surface area contributed by atoms with Gasteiger partial charge in [-0.3, -0.25) is 4.90 Å². The summed E-state index contributed by atoms with van der Waals surface area (Å²) in [7, 11) is 0. The Bertz CT molecular complexity index is 735. The summed E-state index contributed by atoms with van der Waals surface area (Å²) in [5, 5.41) is 0. The molecule has 1 aliphatic rings. The normalized spacial score (nSPS) is 16.2. The Morgan fingerprint density at radius 3 is 2.00 bits per heavy atom. The minimum atomic E-state index is -0.565. The molecule has 1 heterocycles. The molecule has 0 saturated carbocycles. The van der Waals surface area contributed by atoms with Crippen molar-refractivity contribution in [2.75, 3.05) is 4.90 Å². The Morgan fingerprint density at radius 1 is 0.870 bits per heavy atom. The van der Waals surface area contributed by atoms with Crippen LogP contribution in [0.3, 0.4) is 0 Å². The highest BCUT2D eigenvalue weighted by atomic mass is 35.5. The minimum Gasteiger partial charge on any atom is -0.369 e. The molecule has 1 aliphatic heterocycles. The predicted octanol–water partition coefficient (Wildman–Crippen LogP) is 2.96. The molecule has 4 N–H and O–H groups in total. The average molecular weight is 330 g/mol. The van der Waals surface area contributed by atoms with Gasteiger partial charge in [-0.2, -0.15) is 4.99 Å². The van der Waals surface area contributed by atoms with Gasteiger partial charge in [-0.25, -0.2) is 4.99 Å². The lowest BCUT2D eigenvalue weighted by molar-refractivity contribution is 0.534. The van der Waals surface area contributed by atoms with E-state index >= 15 is 0 Å². The molecule has 0 atom stereocenters. The van der Waals surface area contributed by atoms with E-state index < -0.39 is 5.66 Å². The maximum absolute atomic E-state index is 6.04. The van der Waals surface area contributed by atoms with Crippen molar-refractivity contribution in [3.63, 3.8) is 0 Å². The molecule has 2 aromatic carbocycles. The number of anilines is 1. The summed E-state index contributed by atoms with van der Waals surface area (Å²) in [6.07, 6.45) is 0. The fourth-order valence-electron chi connectivity index (χ4n) is 2.68. The van der Waals surface area contributed by atoms with Crippen LogP contribution in [-0.4, -0.2) is 17.6 Å². The van der Waals surface area contributed by atoms with E-state index in [1.54, 1.807) is 0 Å². The third-order valence-corrected chi connectivity index (χ3v) is 3.63. The zero-order chi connectivity index (χ0) is 15.7. The number of nitrogens with zero attached hydrogens (tertiary/aromatic N) is 3. The molecule has 0 unspecified atom stereocenters. The SMILES string of the molecule is CC1(C)N=C(N)N=C(N)N1c1ccc(-c2ccccc2)cc1.Cl. The Morgan fingerprint density at radius 2 is 1.43 bits per heavy atom. The van der Waals surface area contributed by atoms with E-state index in [0.29, 0.717) is 5.96 Å². The van der Waals surface area contributed by atoms with E-state index in [0.717, 1.165) is 11.3 Å². The summed E-state index contributed by atoms with van der Waals surface area (Å²) in [6, 6.07) is 18.4. The van der Waals surface area contributed by atoms with Crippen LogP contribution in [0.4, 0.5) is 5.69 Å². The number of hydrogen-bond donors (Lipinski definition) is 2. The zero-order valence-electron chi connectivity index (χ0n) is 13.1. The molecule has 23 heavy (non-hydrogen) atoms. The number of halogens is 1. The lowest BCUT2D eigenvalue weighted by atomic mass is 10.0. The molecule has 0 saturated heterocycles. The summed E-state index contributed by atoms with van der Waals surface area (Å²) in [6.45, 7) is 3.90. The van der Waals surface area contributed by atoms with Crippen LogP contribution in [0.5, 0.6) is 0 Å². The second-order valence-corrected chi connectivity index (χ2v) is 5.68. The topological polar surface area (TPSA) is 80.0 Å². The largest absolute Gasteiger partial charge is 0.369 e. The van der Waals surface area contributed by atoms with Gasteiger partial charge in [0.25, 0.3) is 0 Å². The van der Waals surface area contributed by atoms with Crippen molar-refractivity contribution in [1.29, 1.82) is 0 Å². The molecule has 120 valence electrons. The van der Waals surface area contributed by atoms with Crippen molar-refractivity contribution < 1.29 is 0 Å². The summed E-state index contributed by atoms with van der Waals surface area (Å²) < 4.78 is 0.